The first kappa shape index (κ1) is 18.3. The summed E-state index contributed by atoms with van der Waals surface area (Å²) in [5.74, 6) is 1.06. The third-order valence-corrected chi connectivity index (χ3v) is 5.66. The van der Waals surface area contributed by atoms with Gasteiger partial charge in [-0.1, -0.05) is 78.9 Å². The zero-order chi connectivity index (χ0) is 20.5. The van der Waals surface area contributed by atoms with Crippen molar-refractivity contribution in [3.63, 3.8) is 0 Å². The molecule has 0 spiro atoms. The van der Waals surface area contributed by atoms with Crippen molar-refractivity contribution in [2.24, 2.45) is 7.05 Å². The number of anilines is 2. The molecule has 1 aliphatic heterocycles. The van der Waals surface area contributed by atoms with Crippen LogP contribution in [0.4, 0.5) is 11.5 Å². The molecule has 0 bridgehead atoms. The zero-order valence-corrected chi connectivity index (χ0v) is 17.2. The molecular formula is C26H24N4. The van der Waals surface area contributed by atoms with Gasteiger partial charge in [0.15, 0.2) is 0 Å². The van der Waals surface area contributed by atoms with Crippen LogP contribution in [-0.4, -0.2) is 9.78 Å². The Bertz CT molecular complexity index is 1160. The van der Waals surface area contributed by atoms with E-state index in [9.17, 15) is 0 Å². The molecule has 3 aromatic carbocycles. The SMILES string of the molecule is CC1=C(c2ccccc2)N(c2ccccc2)C(c2ccccc2)N1c1ccnn1C. The lowest BCUT2D eigenvalue weighted by molar-refractivity contribution is 0.673. The molecule has 0 saturated heterocycles. The minimum atomic E-state index is -0.0146. The van der Waals surface area contributed by atoms with Crippen LogP contribution in [0.25, 0.3) is 5.70 Å². The maximum atomic E-state index is 4.45. The van der Waals surface area contributed by atoms with E-state index in [4.69, 9.17) is 0 Å². The molecule has 0 saturated carbocycles. The lowest BCUT2D eigenvalue weighted by Crippen LogP contribution is -2.33. The number of nitrogens with zero attached hydrogens (tertiary/aromatic N) is 4. The molecule has 4 aromatic rings. The Kier molecular flexibility index (Phi) is 4.60. The highest BCUT2D eigenvalue weighted by molar-refractivity contribution is 5.88. The maximum Gasteiger partial charge on any atom is 0.138 e. The Morgan fingerprint density at radius 1 is 0.700 bits per heavy atom. The minimum absolute atomic E-state index is 0.0146. The first-order valence-corrected chi connectivity index (χ1v) is 10.2. The number of hydrogen-bond acceptors (Lipinski definition) is 3. The minimum Gasteiger partial charge on any atom is -0.314 e. The van der Waals surface area contributed by atoms with E-state index in [-0.39, 0.29) is 6.17 Å². The van der Waals surface area contributed by atoms with Crippen LogP contribution in [0.15, 0.2) is 109 Å². The average Bonchev–Trinajstić information content (AvgIpc) is 3.35. The van der Waals surface area contributed by atoms with Gasteiger partial charge in [-0.05, 0) is 30.2 Å². The Morgan fingerprint density at radius 3 is 1.90 bits per heavy atom. The number of para-hydroxylation sites is 1. The summed E-state index contributed by atoms with van der Waals surface area (Å²) in [7, 11) is 2.00. The van der Waals surface area contributed by atoms with Crippen molar-refractivity contribution in [2.75, 3.05) is 9.80 Å². The monoisotopic (exact) mass is 392 g/mol. The van der Waals surface area contributed by atoms with Gasteiger partial charge in [0.25, 0.3) is 0 Å². The predicted octanol–water partition coefficient (Wildman–Crippen LogP) is 5.83. The first-order chi connectivity index (χ1) is 14.8. The molecule has 148 valence electrons. The molecule has 2 heterocycles. The van der Waals surface area contributed by atoms with Crippen molar-refractivity contribution in [2.45, 2.75) is 13.1 Å². The molecule has 4 nitrogen and oxygen atoms in total. The van der Waals surface area contributed by atoms with Crippen molar-refractivity contribution in [3.8, 4) is 0 Å². The van der Waals surface area contributed by atoms with Gasteiger partial charge in [-0.15, -0.1) is 0 Å². The van der Waals surface area contributed by atoms with Crippen molar-refractivity contribution in [1.82, 2.24) is 9.78 Å². The molecule has 1 aliphatic rings. The van der Waals surface area contributed by atoms with Crippen molar-refractivity contribution in [3.05, 3.63) is 120 Å². The van der Waals surface area contributed by atoms with Crippen molar-refractivity contribution >= 4 is 17.2 Å². The summed E-state index contributed by atoms with van der Waals surface area (Å²) < 4.78 is 1.94. The summed E-state index contributed by atoms with van der Waals surface area (Å²) in [6.07, 6.45) is 1.84. The summed E-state index contributed by atoms with van der Waals surface area (Å²) in [4.78, 5) is 4.82. The number of aromatic nitrogens is 2. The zero-order valence-electron chi connectivity index (χ0n) is 17.2. The molecule has 1 aromatic heterocycles. The molecular weight excluding hydrogens is 368 g/mol. The quantitative estimate of drug-likeness (QED) is 0.436. The van der Waals surface area contributed by atoms with Gasteiger partial charge in [0.1, 0.15) is 12.0 Å². The number of benzene rings is 3. The van der Waals surface area contributed by atoms with Gasteiger partial charge in [-0.3, -0.25) is 4.68 Å². The Morgan fingerprint density at radius 2 is 1.30 bits per heavy atom. The predicted molar refractivity (Wildman–Crippen MR) is 123 cm³/mol. The summed E-state index contributed by atoms with van der Waals surface area (Å²) in [5, 5.41) is 4.45. The standard InChI is InChI=1S/C26H24N4/c1-20-25(21-12-6-3-7-13-21)30(23-16-10-5-11-17-23)26(22-14-8-4-9-15-22)29(20)24-18-19-27-28(24)2/h3-19,26H,1-2H3. The fourth-order valence-electron chi connectivity index (χ4n) is 4.34. The summed E-state index contributed by atoms with van der Waals surface area (Å²) in [6, 6.07) is 34.0. The van der Waals surface area contributed by atoms with Crippen LogP contribution in [0.2, 0.25) is 0 Å². The molecule has 0 fully saturated rings. The van der Waals surface area contributed by atoms with E-state index in [1.807, 2.05) is 17.9 Å². The Hall–Kier alpha value is -3.79. The topological polar surface area (TPSA) is 24.3 Å². The second-order valence-electron chi connectivity index (χ2n) is 7.47. The summed E-state index contributed by atoms with van der Waals surface area (Å²) in [5.41, 5.74) is 5.99. The molecule has 4 heteroatoms. The lowest BCUT2D eigenvalue weighted by Gasteiger charge is -2.35. The lowest BCUT2D eigenvalue weighted by atomic mass is 10.1. The van der Waals surface area contributed by atoms with E-state index in [1.54, 1.807) is 0 Å². The first-order valence-electron chi connectivity index (χ1n) is 10.2. The van der Waals surface area contributed by atoms with E-state index < -0.39 is 0 Å². The highest BCUT2D eigenvalue weighted by Gasteiger charge is 2.40. The average molecular weight is 393 g/mol. The normalized spacial score (nSPS) is 16.4. The smallest absolute Gasteiger partial charge is 0.138 e. The third kappa shape index (κ3) is 2.98. The van der Waals surface area contributed by atoms with Gasteiger partial charge < -0.3 is 9.80 Å². The molecule has 0 amide bonds. The van der Waals surface area contributed by atoms with Crippen LogP contribution >= 0.6 is 0 Å². The summed E-state index contributed by atoms with van der Waals surface area (Å²) in [6.45, 7) is 2.20. The Labute approximate surface area is 177 Å². The van der Waals surface area contributed by atoms with E-state index in [1.165, 1.54) is 22.5 Å². The van der Waals surface area contributed by atoms with Crippen molar-refractivity contribution < 1.29 is 0 Å². The van der Waals surface area contributed by atoms with E-state index in [0.717, 1.165) is 11.5 Å². The summed E-state index contributed by atoms with van der Waals surface area (Å²) >= 11 is 0. The highest BCUT2D eigenvalue weighted by Crippen LogP contribution is 2.48. The maximum absolute atomic E-state index is 4.45. The fourth-order valence-corrected chi connectivity index (χ4v) is 4.34. The van der Waals surface area contributed by atoms with Gasteiger partial charge in [-0.25, -0.2) is 0 Å². The molecule has 0 N–H and O–H groups in total. The van der Waals surface area contributed by atoms with E-state index in [0.29, 0.717) is 0 Å². The van der Waals surface area contributed by atoms with Crippen LogP contribution in [0.5, 0.6) is 0 Å². The molecule has 1 atom stereocenters. The van der Waals surface area contributed by atoms with Gasteiger partial charge in [0.2, 0.25) is 0 Å². The molecule has 0 aliphatic carbocycles. The fraction of sp³-hybridized carbons (Fsp3) is 0.115. The number of rotatable bonds is 4. The number of aryl methyl sites for hydroxylation is 1. The van der Waals surface area contributed by atoms with Gasteiger partial charge in [0.05, 0.1) is 11.9 Å². The largest absolute Gasteiger partial charge is 0.314 e. The van der Waals surface area contributed by atoms with Crippen LogP contribution in [0.3, 0.4) is 0 Å². The van der Waals surface area contributed by atoms with Gasteiger partial charge in [0, 0.05) is 24.5 Å². The van der Waals surface area contributed by atoms with Crippen molar-refractivity contribution in [1.29, 1.82) is 0 Å². The van der Waals surface area contributed by atoms with E-state index >= 15 is 0 Å². The van der Waals surface area contributed by atoms with Gasteiger partial charge >= 0.3 is 0 Å². The molecule has 0 radical (unpaired) electrons. The van der Waals surface area contributed by atoms with E-state index in [2.05, 4.69) is 119 Å². The van der Waals surface area contributed by atoms with Crippen LogP contribution in [0, 0.1) is 0 Å². The highest BCUT2D eigenvalue weighted by atomic mass is 15.5. The van der Waals surface area contributed by atoms with Crippen LogP contribution in [0.1, 0.15) is 24.2 Å². The Balaban J connectivity index is 1.79. The van der Waals surface area contributed by atoms with Crippen LogP contribution < -0.4 is 9.80 Å². The second kappa shape index (κ2) is 7.56. The third-order valence-electron chi connectivity index (χ3n) is 5.66. The number of allylic oxidation sites excluding steroid dienone is 1. The molecule has 30 heavy (non-hydrogen) atoms. The molecule has 1 unspecified atom stereocenters. The second-order valence-corrected chi connectivity index (χ2v) is 7.47. The van der Waals surface area contributed by atoms with Gasteiger partial charge in [-0.2, -0.15) is 5.10 Å². The van der Waals surface area contributed by atoms with Crippen LogP contribution in [-0.2, 0) is 7.05 Å². The number of hydrogen-bond donors (Lipinski definition) is 0. The molecule has 5 rings (SSSR count).